The number of pyridine rings is 2. The monoisotopic (exact) mass is 553 g/mol. The molecule has 0 aliphatic carbocycles. The van der Waals surface area contributed by atoms with Crippen molar-refractivity contribution in [1.29, 1.82) is 0 Å². The molecule has 0 N–H and O–H groups in total. The third-order valence-corrected chi connectivity index (χ3v) is 7.96. The van der Waals surface area contributed by atoms with Gasteiger partial charge in [-0.25, -0.2) is 19.9 Å². The molecular weight excluding hydrogens is 526 g/mol. The maximum absolute atomic E-state index is 5.18. The van der Waals surface area contributed by atoms with Crippen molar-refractivity contribution in [2.75, 3.05) is 0 Å². The van der Waals surface area contributed by atoms with Crippen LogP contribution in [-0.2, 0) is 0 Å². The Morgan fingerprint density at radius 3 is 1.98 bits per heavy atom. The van der Waals surface area contributed by atoms with Crippen molar-refractivity contribution in [2.45, 2.75) is 13.8 Å². The van der Waals surface area contributed by atoms with E-state index >= 15 is 0 Å². The number of nitrogens with zero attached hydrogens (tertiary/aromatic N) is 5. The SMILES string of the molecule is Cc1ccc(-c2cc(-c3cccc(-c4nc5ccccc5c5nc6ccccn6c45)c3)nc(-c3ccc(C)cc3)n2)cc1. The molecule has 4 aromatic carbocycles. The Bertz CT molecular complexity index is 2230. The second-order valence-corrected chi connectivity index (χ2v) is 11.0. The van der Waals surface area contributed by atoms with Crippen LogP contribution >= 0.6 is 0 Å². The standard InChI is InChI=1S/C38H27N5/c1-24-13-17-26(18-14-24)32-23-33(41-38(40-32)27-19-15-25(2)16-20-27)28-8-7-9-29(22-28)35-37-36(30-10-3-4-11-31(30)39-35)42-34-12-5-6-21-43(34)37/h3-23H,1-2H3. The molecule has 5 heteroatoms. The summed E-state index contributed by atoms with van der Waals surface area (Å²) >= 11 is 0. The van der Waals surface area contributed by atoms with Crippen molar-refractivity contribution in [3.05, 3.63) is 139 Å². The number of para-hydroxylation sites is 1. The fourth-order valence-corrected chi connectivity index (χ4v) is 5.68. The van der Waals surface area contributed by atoms with Crippen molar-refractivity contribution in [3.63, 3.8) is 0 Å². The summed E-state index contributed by atoms with van der Waals surface area (Å²) in [5.74, 6) is 0.700. The van der Waals surface area contributed by atoms with E-state index in [4.69, 9.17) is 19.9 Å². The van der Waals surface area contributed by atoms with Crippen LogP contribution in [0.4, 0.5) is 0 Å². The van der Waals surface area contributed by atoms with E-state index < -0.39 is 0 Å². The van der Waals surface area contributed by atoms with Gasteiger partial charge in [0.2, 0.25) is 0 Å². The van der Waals surface area contributed by atoms with Gasteiger partial charge >= 0.3 is 0 Å². The quantitative estimate of drug-likeness (QED) is 0.218. The van der Waals surface area contributed by atoms with Gasteiger partial charge < -0.3 is 0 Å². The fraction of sp³-hybridized carbons (Fsp3) is 0.0526. The lowest BCUT2D eigenvalue weighted by Crippen LogP contribution is -1.97. The van der Waals surface area contributed by atoms with E-state index in [1.807, 2.05) is 30.3 Å². The number of hydrogen-bond acceptors (Lipinski definition) is 4. The van der Waals surface area contributed by atoms with Crippen LogP contribution in [0.15, 0.2) is 128 Å². The maximum atomic E-state index is 5.18. The molecule has 8 rings (SSSR count). The molecule has 4 heterocycles. The fourth-order valence-electron chi connectivity index (χ4n) is 5.68. The first-order valence-corrected chi connectivity index (χ1v) is 14.4. The lowest BCUT2D eigenvalue weighted by atomic mass is 10.0. The number of aryl methyl sites for hydroxylation is 2. The zero-order valence-electron chi connectivity index (χ0n) is 23.9. The van der Waals surface area contributed by atoms with Gasteiger partial charge in [-0.1, -0.05) is 102 Å². The van der Waals surface area contributed by atoms with E-state index in [0.717, 1.165) is 66.9 Å². The van der Waals surface area contributed by atoms with Gasteiger partial charge in [-0.15, -0.1) is 0 Å². The molecule has 204 valence electrons. The Balaban J connectivity index is 1.34. The van der Waals surface area contributed by atoms with Crippen LogP contribution in [0.3, 0.4) is 0 Å². The number of benzene rings is 4. The predicted molar refractivity (Wildman–Crippen MR) is 175 cm³/mol. The van der Waals surface area contributed by atoms with Gasteiger partial charge in [-0.3, -0.25) is 4.40 Å². The highest BCUT2D eigenvalue weighted by molar-refractivity contribution is 6.09. The highest BCUT2D eigenvalue weighted by atomic mass is 15.0. The Morgan fingerprint density at radius 1 is 0.512 bits per heavy atom. The van der Waals surface area contributed by atoms with Crippen LogP contribution < -0.4 is 0 Å². The van der Waals surface area contributed by atoms with Gasteiger partial charge in [-0.2, -0.15) is 0 Å². The minimum atomic E-state index is 0.700. The molecule has 5 nitrogen and oxygen atoms in total. The molecule has 0 spiro atoms. The molecule has 4 aromatic heterocycles. The molecule has 0 aliphatic rings. The molecular formula is C38H27N5. The first-order chi connectivity index (χ1) is 21.1. The molecule has 8 aromatic rings. The minimum Gasteiger partial charge on any atom is -0.298 e. The third kappa shape index (κ3) is 4.43. The first-order valence-electron chi connectivity index (χ1n) is 14.4. The van der Waals surface area contributed by atoms with Gasteiger partial charge in [0.1, 0.15) is 11.2 Å². The van der Waals surface area contributed by atoms with Crippen LogP contribution in [0.1, 0.15) is 11.1 Å². The summed E-state index contributed by atoms with van der Waals surface area (Å²) in [4.78, 5) is 20.3. The molecule has 0 bridgehead atoms. The summed E-state index contributed by atoms with van der Waals surface area (Å²) in [5.41, 5.74) is 12.9. The second-order valence-electron chi connectivity index (χ2n) is 11.0. The maximum Gasteiger partial charge on any atom is 0.160 e. The number of fused-ring (bicyclic) bond motifs is 5. The van der Waals surface area contributed by atoms with Crippen LogP contribution in [0.25, 0.3) is 72.7 Å². The second kappa shape index (κ2) is 10.00. The lowest BCUT2D eigenvalue weighted by Gasteiger charge is -2.12. The van der Waals surface area contributed by atoms with Crippen LogP contribution in [0.5, 0.6) is 0 Å². The topological polar surface area (TPSA) is 56.0 Å². The van der Waals surface area contributed by atoms with E-state index in [1.165, 1.54) is 11.1 Å². The predicted octanol–water partition coefficient (Wildman–Crippen LogP) is 9.11. The van der Waals surface area contributed by atoms with Crippen molar-refractivity contribution >= 4 is 27.6 Å². The summed E-state index contributed by atoms with van der Waals surface area (Å²) < 4.78 is 2.13. The Kier molecular flexibility index (Phi) is 5.83. The largest absolute Gasteiger partial charge is 0.298 e. The molecule has 0 fully saturated rings. The Hall–Kier alpha value is -5.68. The summed E-state index contributed by atoms with van der Waals surface area (Å²) in [6.07, 6.45) is 2.06. The first kappa shape index (κ1) is 25.1. The zero-order valence-corrected chi connectivity index (χ0v) is 23.9. The average molecular weight is 554 g/mol. The highest BCUT2D eigenvalue weighted by Gasteiger charge is 2.17. The molecule has 0 aliphatic heterocycles. The Morgan fingerprint density at radius 2 is 1.19 bits per heavy atom. The van der Waals surface area contributed by atoms with Gasteiger partial charge in [-0.05, 0) is 44.2 Å². The van der Waals surface area contributed by atoms with E-state index in [-0.39, 0.29) is 0 Å². The van der Waals surface area contributed by atoms with Gasteiger partial charge in [0.05, 0.1) is 28.1 Å². The number of rotatable bonds is 4. The van der Waals surface area contributed by atoms with Crippen molar-refractivity contribution in [3.8, 4) is 45.2 Å². The van der Waals surface area contributed by atoms with Gasteiger partial charge in [0.25, 0.3) is 0 Å². The van der Waals surface area contributed by atoms with Crippen molar-refractivity contribution in [1.82, 2.24) is 24.3 Å². The lowest BCUT2D eigenvalue weighted by molar-refractivity contribution is 1.18. The normalized spacial score (nSPS) is 11.5. The average Bonchev–Trinajstić information content (AvgIpc) is 3.45. The molecule has 0 amide bonds. The molecule has 0 atom stereocenters. The zero-order chi connectivity index (χ0) is 28.9. The van der Waals surface area contributed by atoms with Crippen LogP contribution in [0, 0.1) is 13.8 Å². The molecule has 0 saturated carbocycles. The smallest absolute Gasteiger partial charge is 0.160 e. The summed E-state index contributed by atoms with van der Waals surface area (Å²) in [6.45, 7) is 4.19. The van der Waals surface area contributed by atoms with Crippen LogP contribution in [-0.4, -0.2) is 24.3 Å². The molecule has 0 radical (unpaired) electrons. The summed E-state index contributed by atoms with van der Waals surface area (Å²) in [5, 5.41) is 1.04. The van der Waals surface area contributed by atoms with Gasteiger partial charge in [0, 0.05) is 33.8 Å². The van der Waals surface area contributed by atoms with E-state index in [0.29, 0.717) is 5.82 Å². The third-order valence-electron chi connectivity index (χ3n) is 7.96. The molecule has 0 unspecified atom stereocenters. The van der Waals surface area contributed by atoms with Crippen LogP contribution in [0.2, 0.25) is 0 Å². The Labute approximate surface area is 249 Å². The molecule has 0 saturated heterocycles. The van der Waals surface area contributed by atoms with Crippen molar-refractivity contribution < 1.29 is 0 Å². The highest BCUT2D eigenvalue weighted by Crippen LogP contribution is 2.35. The van der Waals surface area contributed by atoms with Gasteiger partial charge in [0.15, 0.2) is 5.82 Å². The molecule has 43 heavy (non-hydrogen) atoms. The number of aromatic nitrogens is 5. The summed E-state index contributed by atoms with van der Waals surface area (Å²) in [6, 6.07) is 41.7. The van der Waals surface area contributed by atoms with E-state index in [2.05, 4.69) is 115 Å². The van der Waals surface area contributed by atoms with Crippen molar-refractivity contribution in [2.24, 2.45) is 0 Å². The van der Waals surface area contributed by atoms with E-state index in [1.54, 1.807) is 0 Å². The summed E-state index contributed by atoms with van der Waals surface area (Å²) in [7, 11) is 0. The minimum absolute atomic E-state index is 0.700. The number of hydrogen-bond donors (Lipinski definition) is 0. The number of imidazole rings is 1. The van der Waals surface area contributed by atoms with E-state index in [9.17, 15) is 0 Å².